The molecular formula is C16H22N2O4. The van der Waals surface area contributed by atoms with E-state index in [4.69, 9.17) is 4.74 Å². The van der Waals surface area contributed by atoms with Crippen LogP contribution in [0.3, 0.4) is 0 Å². The first-order valence-electron chi connectivity index (χ1n) is 7.11. The lowest BCUT2D eigenvalue weighted by atomic mass is 10.1. The zero-order chi connectivity index (χ0) is 16.7. The molecule has 1 N–H and O–H groups in total. The Balaban J connectivity index is 2.92. The van der Waals surface area contributed by atoms with Gasteiger partial charge in [0, 0.05) is 6.54 Å². The molecule has 1 atom stereocenters. The number of amides is 2. The quantitative estimate of drug-likeness (QED) is 0.581. The van der Waals surface area contributed by atoms with Crippen LogP contribution >= 0.6 is 0 Å². The van der Waals surface area contributed by atoms with E-state index < -0.39 is 17.7 Å². The van der Waals surface area contributed by atoms with Gasteiger partial charge in [-0.2, -0.15) is 0 Å². The van der Waals surface area contributed by atoms with E-state index in [1.54, 1.807) is 24.3 Å². The van der Waals surface area contributed by atoms with Crippen molar-refractivity contribution in [3.05, 3.63) is 24.3 Å². The molecule has 2 amide bonds. The molecule has 0 aliphatic rings. The summed E-state index contributed by atoms with van der Waals surface area (Å²) in [6.45, 7) is 5.78. The first-order chi connectivity index (χ1) is 10.4. The van der Waals surface area contributed by atoms with Crippen molar-refractivity contribution >= 4 is 23.8 Å². The second kappa shape index (κ2) is 8.17. The Morgan fingerprint density at radius 2 is 1.91 bits per heavy atom. The third-order valence-electron chi connectivity index (χ3n) is 3.17. The summed E-state index contributed by atoms with van der Waals surface area (Å²) >= 11 is 0. The van der Waals surface area contributed by atoms with Crippen molar-refractivity contribution in [1.82, 2.24) is 5.32 Å². The first-order valence-corrected chi connectivity index (χ1v) is 7.11. The fraction of sp³-hybridized carbons (Fsp3) is 0.438. The molecule has 0 aliphatic carbocycles. The molecule has 6 heteroatoms. The highest BCUT2D eigenvalue weighted by molar-refractivity contribution is 6.39. The van der Waals surface area contributed by atoms with Crippen molar-refractivity contribution in [2.75, 3.05) is 18.6 Å². The minimum atomic E-state index is -0.916. The molecule has 0 aliphatic heterocycles. The molecule has 0 radical (unpaired) electrons. The number of para-hydroxylation sites is 2. The van der Waals surface area contributed by atoms with E-state index in [2.05, 4.69) is 5.32 Å². The summed E-state index contributed by atoms with van der Waals surface area (Å²) in [7, 11) is 1.48. The van der Waals surface area contributed by atoms with Gasteiger partial charge in [-0.25, -0.2) is 0 Å². The maximum atomic E-state index is 12.2. The maximum absolute atomic E-state index is 12.2. The predicted octanol–water partition coefficient (Wildman–Crippen LogP) is 1.39. The van der Waals surface area contributed by atoms with Crippen LogP contribution in [0.2, 0.25) is 0 Å². The second-order valence-corrected chi connectivity index (χ2v) is 5.33. The lowest BCUT2D eigenvalue weighted by Crippen LogP contribution is -2.46. The van der Waals surface area contributed by atoms with Crippen LogP contribution in [0.25, 0.3) is 0 Å². The fourth-order valence-electron chi connectivity index (χ4n) is 1.90. The van der Waals surface area contributed by atoms with Crippen LogP contribution in [0.1, 0.15) is 20.8 Å². The van der Waals surface area contributed by atoms with Gasteiger partial charge in [0.05, 0.1) is 12.8 Å². The van der Waals surface area contributed by atoms with Gasteiger partial charge in [-0.1, -0.05) is 26.0 Å². The van der Waals surface area contributed by atoms with E-state index in [1.807, 2.05) is 13.8 Å². The largest absolute Gasteiger partial charge is 0.495 e. The monoisotopic (exact) mass is 306 g/mol. The summed E-state index contributed by atoms with van der Waals surface area (Å²) in [6, 6.07) is 5.91. The Labute approximate surface area is 130 Å². The van der Waals surface area contributed by atoms with E-state index >= 15 is 0 Å². The van der Waals surface area contributed by atoms with Crippen LogP contribution < -0.4 is 15.0 Å². The van der Waals surface area contributed by atoms with Gasteiger partial charge in [0.2, 0.25) is 12.2 Å². The SMILES string of the molecule is COc1ccccc1N(C=O)C(C)C(=O)C(=O)NCC(C)C. The number of methoxy groups -OCH3 is 1. The van der Waals surface area contributed by atoms with Gasteiger partial charge < -0.3 is 15.0 Å². The summed E-state index contributed by atoms with van der Waals surface area (Å²) in [4.78, 5) is 36.6. The molecule has 120 valence electrons. The molecule has 22 heavy (non-hydrogen) atoms. The minimum Gasteiger partial charge on any atom is -0.495 e. The van der Waals surface area contributed by atoms with Crippen molar-refractivity contribution < 1.29 is 19.1 Å². The lowest BCUT2D eigenvalue weighted by molar-refractivity contribution is -0.138. The second-order valence-electron chi connectivity index (χ2n) is 5.33. The van der Waals surface area contributed by atoms with Crippen LogP contribution in [0.4, 0.5) is 5.69 Å². The fourth-order valence-corrected chi connectivity index (χ4v) is 1.90. The number of benzene rings is 1. The number of nitrogens with zero attached hydrogens (tertiary/aromatic N) is 1. The van der Waals surface area contributed by atoms with Gasteiger partial charge in [-0.15, -0.1) is 0 Å². The van der Waals surface area contributed by atoms with Crippen molar-refractivity contribution in [3.63, 3.8) is 0 Å². The van der Waals surface area contributed by atoms with Crippen LogP contribution in [0.5, 0.6) is 5.75 Å². The number of Topliss-reactive ketones (excluding diaryl/α,β-unsaturated/α-hetero) is 1. The highest BCUT2D eigenvalue weighted by atomic mass is 16.5. The molecular weight excluding hydrogens is 284 g/mol. The predicted molar refractivity (Wildman–Crippen MR) is 83.9 cm³/mol. The zero-order valence-corrected chi connectivity index (χ0v) is 13.3. The van der Waals surface area contributed by atoms with Crippen molar-refractivity contribution in [3.8, 4) is 5.75 Å². The van der Waals surface area contributed by atoms with Gasteiger partial charge in [0.25, 0.3) is 5.91 Å². The van der Waals surface area contributed by atoms with E-state index in [9.17, 15) is 14.4 Å². The Kier molecular flexibility index (Phi) is 6.56. The van der Waals surface area contributed by atoms with Gasteiger partial charge in [-0.3, -0.25) is 14.4 Å². The summed E-state index contributed by atoms with van der Waals surface area (Å²) in [5, 5.41) is 2.56. The van der Waals surface area contributed by atoms with Crippen molar-refractivity contribution in [2.24, 2.45) is 5.92 Å². The molecule has 1 unspecified atom stereocenters. The number of ketones is 1. The minimum absolute atomic E-state index is 0.239. The number of carbonyl (C=O) groups is 3. The summed E-state index contributed by atoms with van der Waals surface area (Å²) in [5.74, 6) is -0.665. The Morgan fingerprint density at radius 1 is 1.27 bits per heavy atom. The lowest BCUT2D eigenvalue weighted by Gasteiger charge is -2.25. The average molecular weight is 306 g/mol. The molecule has 1 rings (SSSR count). The van der Waals surface area contributed by atoms with E-state index in [0.717, 1.165) is 0 Å². The number of rotatable bonds is 8. The molecule has 0 saturated carbocycles. The molecule has 0 spiro atoms. The van der Waals surface area contributed by atoms with Crippen molar-refractivity contribution in [1.29, 1.82) is 0 Å². The molecule has 0 saturated heterocycles. The highest BCUT2D eigenvalue weighted by Crippen LogP contribution is 2.28. The summed E-state index contributed by atoms with van der Waals surface area (Å²) in [6.07, 6.45) is 0.524. The Hall–Kier alpha value is -2.37. The molecule has 1 aromatic rings. The molecule has 0 aromatic heterocycles. The van der Waals surface area contributed by atoms with Crippen LogP contribution in [-0.2, 0) is 14.4 Å². The Morgan fingerprint density at radius 3 is 2.45 bits per heavy atom. The number of ether oxygens (including phenoxy) is 1. The highest BCUT2D eigenvalue weighted by Gasteiger charge is 2.28. The smallest absolute Gasteiger partial charge is 0.289 e. The molecule has 0 heterocycles. The zero-order valence-electron chi connectivity index (χ0n) is 13.3. The Bertz CT molecular complexity index is 543. The van der Waals surface area contributed by atoms with Crippen molar-refractivity contribution in [2.45, 2.75) is 26.8 Å². The van der Waals surface area contributed by atoms with E-state index in [-0.39, 0.29) is 5.92 Å². The number of nitrogens with one attached hydrogen (secondary N) is 1. The number of hydrogen-bond acceptors (Lipinski definition) is 4. The van der Waals surface area contributed by atoms with Gasteiger partial charge in [0.15, 0.2) is 0 Å². The average Bonchev–Trinajstić information content (AvgIpc) is 2.52. The van der Waals surface area contributed by atoms with Crippen LogP contribution in [-0.4, -0.2) is 37.8 Å². The maximum Gasteiger partial charge on any atom is 0.289 e. The summed E-state index contributed by atoms with van der Waals surface area (Å²) < 4.78 is 5.19. The molecule has 6 nitrogen and oxygen atoms in total. The van der Waals surface area contributed by atoms with E-state index in [1.165, 1.54) is 18.9 Å². The number of carbonyl (C=O) groups excluding carboxylic acids is 3. The first kappa shape index (κ1) is 17.7. The molecule has 0 bridgehead atoms. The third-order valence-corrected chi connectivity index (χ3v) is 3.17. The van der Waals surface area contributed by atoms with E-state index in [0.29, 0.717) is 24.4 Å². The molecule has 0 fully saturated rings. The summed E-state index contributed by atoms with van der Waals surface area (Å²) in [5.41, 5.74) is 0.442. The van der Waals surface area contributed by atoms with Gasteiger partial charge >= 0.3 is 0 Å². The van der Waals surface area contributed by atoms with Gasteiger partial charge in [-0.05, 0) is 25.0 Å². The van der Waals surface area contributed by atoms with Gasteiger partial charge in [0.1, 0.15) is 11.8 Å². The van der Waals surface area contributed by atoms with Crippen LogP contribution in [0, 0.1) is 5.92 Å². The topological polar surface area (TPSA) is 75.7 Å². The number of anilines is 1. The third kappa shape index (κ3) is 4.31. The normalized spacial score (nSPS) is 11.7. The standard InChI is InChI=1S/C16H22N2O4/c1-11(2)9-17-16(21)15(20)12(3)18(10-19)13-7-5-6-8-14(13)22-4/h5-8,10-12H,9H2,1-4H3,(H,17,21). The molecule has 1 aromatic carbocycles. The number of hydrogen-bond donors (Lipinski definition) is 1. The van der Waals surface area contributed by atoms with Crippen LogP contribution in [0.15, 0.2) is 24.3 Å².